The summed E-state index contributed by atoms with van der Waals surface area (Å²) >= 11 is 0. The maximum Gasteiger partial charge on any atom is 0.321 e. The smallest absolute Gasteiger partial charge is 0.321 e. The molecule has 1 fully saturated rings. The van der Waals surface area contributed by atoms with Gasteiger partial charge in [-0.25, -0.2) is 4.79 Å². The molecule has 6 heteroatoms. The normalized spacial score (nSPS) is 14.6. The van der Waals surface area contributed by atoms with Crippen molar-refractivity contribution in [2.75, 3.05) is 18.4 Å². The molecule has 0 unspecified atom stereocenters. The number of aryl methyl sites for hydroxylation is 1. The molecule has 1 aliphatic heterocycles. The number of nitrogens with one attached hydrogen (secondary N) is 1. The maximum absolute atomic E-state index is 11.9. The Bertz CT molecular complexity index is 600. The van der Waals surface area contributed by atoms with E-state index in [-0.39, 0.29) is 6.03 Å². The van der Waals surface area contributed by atoms with Crippen LogP contribution in [0.3, 0.4) is 0 Å². The van der Waals surface area contributed by atoms with E-state index in [1.807, 2.05) is 29.2 Å². The first-order valence-corrected chi connectivity index (χ1v) is 6.69. The number of rotatable bonds is 2. The molecular weight excluding hydrogens is 256 g/mol. The highest BCUT2D eigenvalue weighted by Crippen LogP contribution is 2.20. The topological polar surface area (TPSA) is 71.3 Å². The summed E-state index contributed by atoms with van der Waals surface area (Å²) in [6.07, 6.45) is 2.17. The minimum absolute atomic E-state index is 0.0381. The maximum atomic E-state index is 11.9. The first kappa shape index (κ1) is 12.7. The Morgan fingerprint density at radius 3 is 2.50 bits per heavy atom. The van der Waals surface area contributed by atoms with Crippen molar-refractivity contribution in [1.82, 2.24) is 15.1 Å². The van der Waals surface area contributed by atoms with Crippen molar-refractivity contribution in [2.24, 2.45) is 0 Å². The van der Waals surface area contributed by atoms with Gasteiger partial charge in [0.25, 0.3) is 0 Å². The molecule has 1 N–H and O–H groups in total. The first-order chi connectivity index (χ1) is 9.72. The van der Waals surface area contributed by atoms with Gasteiger partial charge in [0.15, 0.2) is 0 Å². The van der Waals surface area contributed by atoms with Crippen molar-refractivity contribution < 1.29 is 9.21 Å². The molecule has 1 aromatic carbocycles. The number of carbonyl (C=O) groups is 1. The molecule has 2 heterocycles. The second kappa shape index (κ2) is 5.32. The molecule has 0 radical (unpaired) electrons. The number of aromatic nitrogens is 2. The summed E-state index contributed by atoms with van der Waals surface area (Å²) in [5.74, 6) is 1.02. The molecule has 1 saturated heterocycles. The summed E-state index contributed by atoms with van der Waals surface area (Å²) in [6, 6.07) is 7.34. The summed E-state index contributed by atoms with van der Waals surface area (Å²) in [7, 11) is 0. The van der Waals surface area contributed by atoms with Crippen LogP contribution in [0.4, 0.5) is 10.5 Å². The minimum Gasteiger partial charge on any atom is -0.421 e. The molecule has 1 aromatic heterocycles. The van der Waals surface area contributed by atoms with E-state index in [9.17, 15) is 4.79 Å². The first-order valence-electron chi connectivity index (χ1n) is 6.69. The number of carbonyl (C=O) groups excluding carboxylic acids is 1. The van der Waals surface area contributed by atoms with E-state index in [0.717, 1.165) is 37.2 Å². The van der Waals surface area contributed by atoms with Crippen molar-refractivity contribution in [3.05, 3.63) is 30.2 Å². The van der Waals surface area contributed by atoms with Crippen molar-refractivity contribution in [2.45, 2.75) is 19.8 Å². The Balaban J connectivity index is 1.68. The van der Waals surface area contributed by atoms with E-state index in [1.165, 1.54) is 0 Å². The zero-order chi connectivity index (χ0) is 13.9. The molecule has 0 aliphatic carbocycles. The van der Waals surface area contributed by atoms with Crippen LogP contribution in [0.1, 0.15) is 18.7 Å². The van der Waals surface area contributed by atoms with Crippen molar-refractivity contribution in [3.8, 4) is 11.5 Å². The Morgan fingerprint density at radius 2 is 1.90 bits per heavy atom. The standard InChI is InChI=1S/C14H16N4O2/c1-10-16-17-13(20-10)11-4-6-12(7-5-11)15-14(19)18-8-2-3-9-18/h4-7H,2-3,8-9H2,1H3,(H,15,19). The second-order valence-electron chi connectivity index (χ2n) is 4.83. The molecule has 0 bridgehead atoms. The molecule has 1 aliphatic rings. The van der Waals surface area contributed by atoms with Crippen LogP contribution in [-0.4, -0.2) is 34.2 Å². The molecule has 0 atom stereocenters. The Labute approximate surface area is 116 Å². The van der Waals surface area contributed by atoms with E-state index < -0.39 is 0 Å². The zero-order valence-corrected chi connectivity index (χ0v) is 11.3. The molecule has 6 nitrogen and oxygen atoms in total. The van der Waals surface area contributed by atoms with E-state index in [1.54, 1.807) is 6.92 Å². The lowest BCUT2D eigenvalue weighted by atomic mass is 10.2. The van der Waals surface area contributed by atoms with Gasteiger partial charge in [0.05, 0.1) is 0 Å². The third-order valence-corrected chi connectivity index (χ3v) is 3.30. The van der Waals surface area contributed by atoms with Crippen LogP contribution in [0.15, 0.2) is 28.7 Å². The van der Waals surface area contributed by atoms with Crippen LogP contribution >= 0.6 is 0 Å². The molecule has 3 rings (SSSR count). The molecule has 0 saturated carbocycles. The van der Waals surface area contributed by atoms with Crippen LogP contribution in [0, 0.1) is 6.92 Å². The third kappa shape index (κ3) is 2.64. The number of nitrogens with zero attached hydrogens (tertiary/aromatic N) is 3. The SMILES string of the molecule is Cc1nnc(-c2ccc(NC(=O)N3CCCC3)cc2)o1. The molecule has 104 valence electrons. The van der Waals surface area contributed by atoms with Gasteiger partial charge in [-0.3, -0.25) is 0 Å². The van der Waals surface area contributed by atoms with Gasteiger partial charge in [0.1, 0.15) is 0 Å². The van der Waals surface area contributed by atoms with Crippen LogP contribution in [0.2, 0.25) is 0 Å². The number of hydrogen-bond donors (Lipinski definition) is 1. The fourth-order valence-electron chi connectivity index (χ4n) is 2.23. The fraction of sp³-hybridized carbons (Fsp3) is 0.357. The van der Waals surface area contributed by atoms with Gasteiger partial charge in [0, 0.05) is 31.3 Å². The number of urea groups is 1. The summed E-state index contributed by atoms with van der Waals surface area (Å²) in [4.78, 5) is 13.8. The van der Waals surface area contributed by atoms with Crippen LogP contribution < -0.4 is 5.32 Å². The predicted molar refractivity (Wildman–Crippen MR) is 74.3 cm³/mol. The number of hydrogen-bond acceptors (Lipinski definition) is 4. The molecule has 0 spiro atoms. The molecular formula is C14H16N4O2. The predicted octanol–water partition coefficient (Wildman–Crippen LogP) is 2.67. The number of likely N-dealkylation sites (tertiary alicyclic amines) is 1. The van der Waals surface area contributed by atoms with Gasteiger partial charge in [-0.1, -0.05) is 0 Å². The third-order valence-electron chi connectivity index (χ3n) is 3.30. The summed E-state index contributed by atoms with van der Waals surface area (Å²) in [5, 5.41) is 10.6. The summed E-state index contributed by atoms with van der Waals surface area (Å²) < 4.78 is 5.35. The highest BCUT2D eigenvalue weighted by molar-refractivity contribution is 5.89. The number of amides is 2. The van der Waals surface area contributed by atoms with Gasteiger partial charge < -0.3 is 14.6 Å². The average molecular weight is 272 g/mol. The molecule has 20 heavy (non-hydrogen) atoms. The van der Waals surface area contributed by atoms with Crippen LogP contribution in [0.5, 0.6) is 0 Å². The lowest BCUT2D eigenvalue weighted by Crippen LogP contribution is -2.32. The van der Waals surface area contributed by atoms with Crippen LogP contribution in [0.25, 0.3) is 11.5 Å². The largest absolute Gasteiger partial charge is 0.421 e. The van der Waals surface area contributed by atoms with Gasteiger partial charge >= 0.3 is 6.03 Å². The summed E-state index contributed by atoms with van der Waals surface area (Å²) in [6.45, 7) is 3.43. The average Bonchev–Trinajstić information content (AvgIpc) is 3.10. The lowest BCUT2D eigenvalue weighted by Gasteiger charge is -2.16. The highest BCUT2D eigenvalue weighted by Gasteiger charge is 2.17. The zero-order valence-electron chi connectivity index (χ0n) is 11.3. The lowest BCUT2D eigenvalue weighted by molar-refractivity contribution is 0.222. The van der Waals surface area contributed by atoms with Gasteiger partial charge in [0.2, 0.25) is 11.8 Å². The minimum atomic E-state index is -0.0381. The van der Waals surface area contributed by atoms with E-state index in [0.29, 0.717) is 11.8 Å². The van der Waals surface area contributed by atoms with Crippen molar-refractivity contribution >= 4 is 11.7 Å². The van der Waals surface area contributed by atoms with Crippen LogP contribution in [-0.2, 0) is 0 Å². The monoisotopic (exact) mass is 272 g/mol. The second-order valence-corrected chi connectivity index (χ2v) is 4.83. The molecule has 2 amide bonds. The molecule has 2 aromatic rings. The Morgan fingerprint density at radius 1 is 1.20 bits per heavy atom. The van der Waals surface area contributed by atoms with E-state index >= 15 is 0 Å². The van der Waals surface area contributed by atoms with Crippen molar-refractivity contribution in [3.63, 3.8) is 0 Å². The van der Waals surface area contributed by atoms with Gasteiger partial charge in [-0.2, -0.15) is 0 Å². The fourth-order valence-corrected chi connectivity index (χ4v) is 2.23. The highest BCUT2D eigenvalue weighted by atomic mass is 16.4. The quantitative estimate of drug-likeness (QED) is 0.912. The van der Waals surface area contributed by atoms with E-state index in [2.05, 4.69) is 15.5 Å². The Kier molecular flexibility index (Phi) is 3.37. The number of benzene rings is 1. The Hall–Kier alpha value is -2.37. The van der Waals surface area contributed by atoms with E-state index in [4.69, 9.17) is 4.42 Å². The van der Waals surface area contributed by atoms with Crippen molar-refractivity contribution in [1.29, 1.82) is 0 Å². The summed E-state index contributed by atoms with van der Waals surface area (Å²) in [5.41, 5.74) is 1.60. The van der Waals surface area contributed by atoms with Gasteiger partial charge in [-0.15, -0.1) is 10.2 Å². The van der Waals surface area contributed by atoms with Gasteiger partial charge in [-0.05, 0) is 37.1 Å². The number of anilines is 1.